The molecule has 0 saturated heterocycles. The Hall–Kier alpha value is -1.36. The summed E-state index contributed by atoms with van der Waals surface area (Å²) in [5.41, 5.74) is 3.00. The summed E-state index contributed by atoms with van der Waals surface area (Å²) in [6.07, 6.45) is 2.63. The van der Waals surface area contributed by atoms with Gasteiger partial charge in [0, 0.05) is 37.6 Å². The number of rotatable bonds is 4. The maximum Gasteiger partial charge on any atom is 0.139 e. The predicted octanol–water partition coefficient (Wildman–Crippen LogP) is 3.28. The van der Waals surface area contributed by atoms with Crippen LogP contribution in [0.25, 0.3) is 0 Å². The van der Waals surface area contributed by atoms with Crippen molar-refractivity contribution < 1.29 is 4.39 Å². The zero-order valence-corrected chi connectivity index (χ0v) is 12.0. The maximum atomic E-state index is 13.4. The number of nitrogens with one attached hydrogen (secondary N) is 1. The van der Waals surface area contributed by atoms with E-state index in [0.29, 0.717) is 4.47 Å². The minimum Gasteiger partial charge on any atom is -0.384 e. The van der Waals surface area contributed by atoms with Gasteiger partial charge in [0.2, 0.25) is 0 Å². The standard InChI is InChI=1S/C13H15BrFN3/c1-9-7-11(14)12(15)8-13(9)16-5-3-10-4-6-17-18(10)2/h4,6-8,16H,3,5H2,1-2H3. The van der Waals surface area contributed by atoms with Crippen LogP contribution in [0.3, 0.4) is 0 Å². The molecular weight excluding hydrogens is 297 g/mol. The van der Waals surface area contributed by atoms with Crippen LogP contribution in [-0.2, 0) is 13.5 Å². The maximum absolute atomic E-state index is 13.4. The number of benzene rings is 1. The number of nitrogens with zero attached hydrogens (tertiary/aromatic N) is 2. The molecule has 0 spiro atoms. The molecule has 0 saturated carbocycles. The van der Waals surface area contributed by atoms with E-state index in [1.165, 1.54) is 6.07 Å². The van der Waals surface area contributed by atoms with Gasteiger partial charge in [-0.25, -0.2) is 4.39 Å². The van der Waals surface area contributed by atoms with Gasteiger partial charge in [-0.2, -0.15) is 5.10 Å². The number of anilines is 1. The summed E-state index contributed by atoms with van der Waals surface area (Å²) in [4.78, 5) is 0. The van der Waals surface area contributed by atoms with Crippen molar-refractivity contribution in [1.82, 2.24) is 9.78 Å². The van der Waals surface area contributed by atoms with E-state index < -0.39 is 0 Å². The van der Waals surface area contributed by atoms with Crippen LogP contribution in [0.1, 0.15) is 11.3 Å². The number of hydrogen-bond acceptors (Lipinski definition) is 2. The van der Waals surface area contributed by atoms with Crippen molar-refractivity contribution in [3.63, 3.8) is 0 Å². The summed E-state index contributed by atoms with van der Waals surface area (Å²) in [5.74, 6) is -0.247. The van der Waals surface area contributed by atoms with Gasteiger partial charge in [0.05, 0.1) is 4.47 Å². The van der Waals surface area contributed by atoms with E-state index >= 15 is 0 Å². The smallest absolute Gasteiger partial charge is 0.139 e. The summed E-state index contributed by atoms with van der Waals surface area (Å²) in [6.45, 7) is 2.71. The third kappa shape index (κ3) is 2.90. The predicted molar refractivity (Wildman–Crippen MR) is 74.2 cm³/mol. The summed E-state index contributed by atoms with van der Waals surface area (Å²) in [5, 5.41) is 7.35. The first kappa shape index (κ1) is 13.1. The highest BCUT2D eigenvalue weighted by molar-refractivity contribution is 9.10. The Balaban J connectivity index is 1.99. The zero-order valence-electron chi connectivity index (χ0n) is 10.4. The zero-order chi connectivity index (χ0) is 13.1. The lowest BCUT2D eigenvalue weighted by Gasteiger charge is -2.10. The van der Waals surface area contributed by atoms with Crippen molar-refractivity contribution >= 4 is 21.6 Å². The monoisotopic (exact) mass is 311 g/mol. The Bertz CT molecular complexity index is 551. The first-order valence-corrected chi connectivity index (χ1v) is 6.53. The molecule has 0 fully saturated rings. The van der Waals surface area contributed by atoms with Gasteiger partial charge in [-0.15, -0.1) is 0 Å². The van der Waals surface area contributed by atoms with E-state index in [4.69, 9.17) is 0 Å². The average molecular weight is 312 g/mol. The molecule has 0 aliphatic carbocycles. The first-order chi connectivity index (χ1) is 8.58. The molecule has 1 aromatic carbocycles. The molecule has 18 heavy (non-hydrogen) atoms. The van der Waals surface area contributed by atoms with Gasteiger partial charge in [0.1, 0.15) is 5.82 Å². The van der Waals surface area contributed by atoms with Gasteiger partial charge in [0.15, 0.2) is 0 Å². The third-order valence-corrected chi connectivity index (χ3v) is 3.49. The second kappa shape index (κ2) is 5.52. The SMILES string of the molecule is Cc1cc(Br)c(F)cc1NCCc1ccnn1C. The molecule has 0 bridgehead atoms. The fourth-order valence-corrected chi connectivity index (χ4v) is 2.27. The second-order valence-electron chi connectivity index (χ2n) is 4.20. The van der Waals surface area contributed by atoms with Crippen molar-refractivity contribution in [2.75, 3.05) is 11.9 Å². The Morgan fingerprint density at radius 1 is 1.44 bits per heavy atom. The Morgan fingerprint density at radius 3 is 2.89 bits per heavy atom. The van der Waals surface area contributed by atoms with Crippen molar-refractivity contribution in [1.29, 1.82) is 0 Å². The van der Waals surface area contributed by atoms with E-state index in [1.807, 2.05) is 24.7 Å². The molecule has 5 heteroatoms. The molecule has 2 aromatic rings. The molecule has 0 unspecified atom stereocenters. The fourth-order valence-electron chi connectivity index (χ4n) is 1.81. The Labute approximate surface area is 114 Å². The van der Waals surface area contributed by atoms with Crippen molar-refractivity contribution in [2.24, 2.45) is 7.05 Å². The fraction of sp³-hybridized carbons (Fsp3) is 0.308. The number of aryl methyl sites for hydroxylation is 2. The number of hydrogen-bond donors (Lipinski definition) is 1. The lowest BCUT2D eigenvalue weighted by molar-refractivity contribution is 0.621. The van der Waals surface area contributed by atoms with Gasteiger partial charge in [-0.3, -0.25) is 4.68 Å². The van der Waals surface area contributed by atoms with E-state index in [-0.39, 0.29) is 5.82 Å². The Kier molecular flexibility index (Phi) is 4.01. The van der Waals surface area contributed by atoms with E-state index in [2.05, 4.69) is 26.3 Å². The summed E-state index contributed by atoms with van der Waals surface area (Å²) >= 11 is 3.18. The van der Waals surface area contributed by atoms with Crippen LogP contribution in [0.15, 0.2) is 28.9 Å². The molecule has 3 nitrogen and oxygen atoms in total. The molecule has 0 aliphatic heterocycles. The molecule has 96 valence electrons. The van der Waals surface area contributed by atoms with Gasteiger partial charge in [-0.05, 0) is 46.6 Å². The second-order valence-corrected chi connectivity index (χ2v) is 5.06. The van der Waals surface area contributed by atoms with Crippen LogP contribution in [0.5, 0.6) is 0 Å². The summed E-state index contributed by atoms with van der Waals surface area (Å²) in [6, 6.07) is 5.28. The van der Waals surface area contributed by atoms with Gasteiger partial charge in [0.25, 0.3) is 0 Å². The lowest BCUT2D eigenvalue weighted by Crippen LogP contribution is -2.09. The molecule has 1 aromatic heterocycles. The minimum absolute atomic E-state index is 0.247. The third-order valence-electron chi connectivity index (χ3n) is 2.89. The summed E-state index contributed by atoms with van der Waals surface area (Å²) in [7, 11) is 1.92. The highest BCUT2D eigenvalue weighted by Crippen LogP contribution is 2.23. The molecule has 0 amide bonds. The van der Waals surface area contributed by atoms with Crippen molar-refractivity contribution in [2.45, 2.75) is 13.3 Å². The number of halogens is 2. The quantitative estimate of drug-likeness (QED) is 0.939. The van der Waals surface area contributed by atoms with E-state index in [0.717, 1.165) is 29.9 Å². The van der Waals surface area contributed by atoms with Crippen LogP contribution in [0, 0.1) is 12.7 Å². The molecule has 0 atom stereocenters. The van der Waals surface area contributed by atoms with Crippen LogP contribution < -0.4 is 5.32 Å². The Morgan fingerprint density at radius 2 is 2.22 bits per heavy atom. The van der Waals surface area contributed by atoms with Crippen LogP contribution >= 0.6 is 15.9 Å². The van der Waals surface area contributed by atoms with Gasteiger partial charge in [-0.1, -0.05) is 0 Å². The van der Waals surface area contributed by atoms with Crippen LogP contribution in [-0.4, -0.2) is 16.3 Å². The largest absolute Gasteiger partial charge is 0.384 e. The molecule has 0 radical (unpaired) electrons. The minimum atomic E-state index is -0.247. The van der Waals surface area contributed by atoms with Gasteiger partial charge < -0.3 is 5.32 Å². The van der Waals surface area contributed by atoms with Crippen molar-refractivity contribution in [3.05, 3.63) is 45.9 Å². The highest BCUT2D eigenvalue weighted by atomic mass is 79.9. The van der Waals surface area contributed by atoms with Crippen LogP contribution in [0.2, 0.25) is 0 Å². The first-order valence-electron chi connectivity index (χ1n) is 5.74. The lowest BCUT2D eigenvalue weighted by atomic mass is 10.2. The molecule has 0 aliphatic rings. The van der Waals surface area contributed by atoms with Crippen molar-refractivity contribution in [3.8, 4) is 0 Å². The normalized spacial score (nSPS) is 10.7. The molecule has 1 heterocycles. The van der Waals surface area contributed by atoms with Crippen LogP contribution in [0.4, 0.5) is 10.1 Å². The molecule has 2 rings (SSSR count). The van der Waals surface area contributed by atoms with E-state index in [9.17, 15) is 4.39 Å². The average Bonchev–Trinajstić information content (AvgIpc) is 2.72. The molecule has 1 N–H and O–H groups in total. The molecular formula is C13H15BrFN3. The summed E-state index contributed by atoms with van der Waals surface area (Å²) < 4.78 is 15.8. The topological polar surface area (TPSA) is 29.9 Å². The highest BCUT2D eigenvalue weighted by Gasteiger charge is 2.05. The number of aromatic nitrogens is 2. The van der Waals surface area contributed by atoms with Gasteiger partial charge >= 0.3 is 0 Å². The van der Waals surface area contributed by atoms with E-state index in [1.54, 1.807) is 12.3 Å².